The molecule has 0 heterocycles. The topological polar surface area (TPSA) is 40.5 Å². The zero-order valence-corrected chi connectivity index (χ0v) is 8.47. The van der Waals surface area contributed by atoms with Gasteiger partial charge in [0.05, 0.1) is 0 Å². The third-order valence-electron chi connectivity index (χ3n) is 2.40. The molecular formula is C12H10BFO2. The Bertz CT molecular complexity index is 500. The Morgan fingerprint density at radius 1 is 0.812 bits per heavy atom. The normalized spacial score (nSPS) is 10.2. The van der Waals surface area contributed by atoms with Crippen molar-refractivity contribution in [2.75, 3.05) is 0 Å². The van der Waals surface area contributed by atoms with Crippen LogP contribution in [0.3, 0.4) is 0 Å². The van der Waals surface area contributed by atoms with Crippen molar-refractivity contribution in [1.82, 2.24) is 0 Å². The minimum Gasteiger partial charge on any atom is -0.423 e. The first-order valence-electron chi connectivity index (χ1n) is 4.90. The predicted octanol–water partition coefficient (Wildman–Crippen LogP) is 1.17. The molecule has 0 aliphatic heterocycles. The highest BCUT2D eigenvalue weighted by Gasteiger charge is 2.17. The number of hydrogen-bond acceptors (Lipinski definition) is 2. The van der Waals surface area contributed by atoms with Crippen LogP contribution >= 0.6 is 0 Å². The summed E-state index contributed by atoms with van der Waals surface area (Å²) in [5, 5.41) is 18.4. The van der Waals surface area contributed by atoms with Crippen LogP contribution in [0.5, 0.6) is 0 Å². The van der Waals surface area contributed by atoms with Crippen LogP contribution in [0.2, 0.25) is 0 Å². The minimum absolute atomic E-state index is 0.299. The molecule has 0 aromatic heterocycles. The van der Waals surface area contributed by atoms with E-state index in [1.54, 1.807) is 42.5 Å². The molecule has 16 heavy (non-hydrogen) atoms. The number of halogens is 1. The first kappa shape index (κ1) is 10.9. The van der Waals surface area contributed by atoms with Gasteiger partial charge in [0.2, 0.25) is 0 Å². The van der Waals surface area contributed by atoms with Gasteiger partial charge in [0.15, 0.2) is 0 Å². The summed E-state index contributed by atoms with van der Waals surface area (Å²) in [5.41, 5.74) is 1.16. The highest BCUT2D eigenvalue weighted by atomic mass is 19.1. The van der Waals surface area contributed by atoms with Crippen LogP contribution < -0.4 is 5.46 Å². The van der Waals surface area contributed by atoms with Gasteiger partial charge in [0, 0.05) is 5.56 Å². The molecule has 0 radical (unpaired) electrons. The van der Waals surface area contributed by atoms with Crippen molar-refractivity contribution in [3.05, 3.63) is 54.3 Å². The fourth-order valence-electron chi connectivity index (χ4n) is 1.65. The van der Waals surface area contributed by atoms with Crippen LogP contribution in [-0.2, 0) is 0 Å². The van der Waals surface area contributed by atoms with Gasteiger partial charge in [-0.1, -0.05) is 42.5 Å². The summed E-state index contributed by atoms with van der Waals surface area (Å²) in [6.45, 7) is 0. The van der Waals surface area contributed by atoms with Crippen molar-refractivity contribution in [3.8, 4) is 11.1 Å². The average Bonchev–Trinajstić information content (AvgIpc) is 2.29. The van der Waals surface area contributed by atoms with Gasteiger partial charge in [-0.25, -0.2) is 4.39 Å². The summed E-state index contributed by atoms with van der Waals surface area (Å²) in [6.07, 6.45) is 0. The lowest BCUT2D eigenvalue weighted by atomic mass is 9.75. The third-order valence-corrected chi connectivity index (χ3v) is 2.40. The Morgan fingerprint density at radius 2 is 1.38 bits per heavy atom. The maximum Gasteiger partial charge on any atom is 0.489 e. The lowest BCUT2D eigenvalue weighted by Crippen LogP contribution is -2.31. The Hall–Kier alpha value is -1.65. The van der Waals surface area contributed by atoms with E-state index >= 15 is 0 Å². The van der Waals surface area contributed by atoms with Gasteiger partial charge in [-0.2, -0.15) is 0 Å². The van der Waals surface area contributed by atoms with Crippen LogP contribution in [0.15, 0.2) is 48.5 Å². The van der Waals surface area contributed by atoms with E-state index in [0.29, 0.717) is 16.6 Å². The van der Waals surface area contributed by atoms with Crippen LogP contribution in [-0.4, -0.2) is 17.2 Å². The SMILES string of the molecule is OB(O)c1ccccc1-c1ccccc1F. The molecule has 0 fully saturated rings. The molecule has 0 saturated heterocycles. The molecule has 2 aromatic rings. The van der Waals surface area contributed by atoms with Gasteiger partial charge in [-0.05, 0) is 17.1 Å². The molecular weight excluding hydrogens is 206 g/mol. The van der Waals surface area contributed by atoms with Gasteiger partial charge < -0.3 is 10.0 Å². The van der Waals surface area contributed by atoms with Crippen molar-refractivity contribution >= 4 is 12.6 Å². The van der Waals surface area contributed by atoms with Crippen LogP contribution in [0.25, 0.3) is 11.1 Å². The molecule has 0 atom stereocenters. The zero-order valence-electron chi connectivity index (χ0n) is 8.47. The van der Waals surface area contributed by atoms with E-state index < -0.39 is 7.12 Å². The van der Waals surface area contributed by atoms with Gasteiger partial charge in [0.1, 0.15) is 5.82 Å². The Kier molecular flexibility index (Phi) is 3.03. The first-order valence-corrected chi connectivity index (χ1v) is 4.90. The summed E-state index contributed by atoms with van der Waals surface area (Å²) < 4.78 is 13.6. The van der Waals surface area contributed by atoms with E-state index in [9.17, 15) is 14.4 Å². The van der Waals surface area contributed by atoms with Crippen molar-refractivity contribution in [1.29, 1.82) is 0 Å². The molecule has 4 heteroatoms. The van der Waals surface area contributed by atoms with E-state index in [4.69, 9.17) is 0 Å². The lowest BCUT2D eigenvalue weighted by molar-refractivity contribution is 0.426. The zero-order chi connectivity index (χ0) is 11.5. The fraction of sp³-hybridized carbons (Fsp3) is 0. The van der Waals surface area contributed by atoms with Gasteiger partial charge >= 0.3 is 7.12 Å². The Balaban J connectivity index is 2.60. The standard InChI is InChI=1S/C12H10BFO2/c14-12-8-4-2-6-10(12)9-5-1-3-7-11(9)13(15)16/h1-8,15-16H. The molecule has 0 saturated carbocycles. The van der Waals surface area contributed by atoms with Crippen LogP contribution in [0.1, 0.15) is 0 Å². The molecule has 2 N–H and O–H groups in total. The predicted molar refractivity (Wildman–Crippen MR) is 61.7 cm³/mol. The summed E-state index contributed by atoms with van der Waals surface area (Å²) in [5.74, 6) is -0.379. The molecule has 0 aliphatic rings. The molecule has 2 rings (SSSR count). The summed E-state index contributed by atoms with van der Waals surface area (Å²) in [7, 11) is -1.60. The van der Waals surface area contributed by atoms with Gasteiger partial charge in [0.25, 0.3) is 0 Å². The first-order chi connectivity index (χ1) is 7.70. The van der Waals surface area contributed by atoms with Crippen molar-refractivity contribution < 1.29 is 14.4 Å². The highest BCUT2D eigenvalue weighted by molar-refractivity contribution is 6.60. The lowest BCUT2D eigenvalue weighted by Gasteiger charge is -2.09. The molecule has 0 unspecified atom stereocenters. The Labute approximate surface area is 93.1 Å². The smallest absolute Gasteiger partial charge is 0.423 e. The average molecular weight is 216 g/mol. The van der Waals surface area contributed by atoms with Crippen LogP contribution in [0.4, 0.5) is 4.39 Å². The highest BCUT2D eigenvalue weighted by Crippen LogP contribution is 2.20. The number of rotatable bonds is 2. The quantitative estimate of drug-likeness (QED) is 0.739. The number of hydrogen-bond donors (Lipinski definition) is 2. The van der Waals surface area contributed by atoms with Crippen molar-refractivity contribution in [2.24, 2.45) is 0 Å². The van der Waals surface area contributed by atoms with Gasteiger partial charge in [-0.3, -0.25) is 0 Å². The monoisotopic (exact) mass is 216 g/mol. The minimum atomic E-state index is -1.60. The molecule has 2 nitrogen and oxygen atoms in total. The molecule has 0 spiro atoms. The second-order valence-electron chi connectivity index (χ2n) is 3.44. The van der Waals surface area contributed by atoms with Crippen LogP contribution in [0, 0.1) is 5.82 Å². The van der Waals surface area contributed by atoms with Gasteiger partial charge in [-0.15, -0.1) is 0 Å². The van der Waals surface area contributed by atoms with E-state index in [-0.39, 0.29) is 5.82 Å². The Morgan fingerprint density at radius 3 is 2.00 bits per heavy atom. The van der Waals surface area contributed by atoms with E-state index in [2.05, 4.69) is 0 Å². The second-order valence-corrected chi connectivity index (χ2v) is 3.44. The summed E-state index contributed by atoms with van der Waals surface area (Å²) in [4.78, 5) is 0. The maximum atomic E-state index is 13.6. The molecule has 2 aromatic carbocycles. The second kappa shape index (κ2) is 4.47. The largest absolute Gasteiger partial charge is 0.489 e. The molecule has 80 valence electrons. The molecule has 0 amide bonds. The van der Waals surface area contributed by atoms with Crippen molar-refractivity contribution in [3.63, 3.8) is 0 Å². The molecule has 0 bridgehead atoms. The third kappa shape index (κ3) is 1.98. The maximum absolute atomic E-state index is 13.6. The summed E-state index contributed by atoms with van der Waals surface area (Å²) in [6, 6.07) is 12.9. The van der Waals surface area contributed by atoms with E-state index in [1.807, 2.05) is 0 Å². The van der Waals surface area contributed by atoms with Crippen molar-refractivity contribution in [2.45, 2.75) is 0 Å². The van der Waals surface area contributed by atoms with E-state index in [1.165, 1.54) is 6.07 Å². The van der Waals surface area contributed by atoms with E-state index in [0.717, 1.165) is 0 Å². The number of benzene rings is 2. The molecule has 0 aliphatic carbocycles. The summed E-state index contributed by atoms with van der Waals surface area (Å²) >= 11 is 0. The fourth-order valence-corrected chi connectivity index (χ4v) is 1.65.